The first-order chi connectivity index (χ1) is 15.6. The third-order valence-corrected chi connectivity index (χ3v) is 5.02. The fourth-order valence-electron chi connectivity index (χ4n) is 3.38. The molecule has 5 nitrogen and oxygen atoms in total. The molecule has 158 valence electrons. The number of hydrogen-bond donors (Lipinski definition) is 1. The van der Waals surface area contributed by atoms with Gasteiger partial charge in [-0.05, 0) is 76.7 Å². The molecule has 0 unspecified atom stereocenters. The zero-order valence-electron chi connectivity index (χ0n) is 17.5. The Hall–Kier alpha value is -4.25. The van der Waals surface area contributed by atoms with Gasteiger partial charge in [0.05, 0.1) is 12.1 Å². The molecular formula is C27H22N2O3. The van der Waals surface area contributed by atoms with Crippen LogP contribution in [0.25, 0.3) is 16.5 Å². The second-order valence-electron chi connectivity index (χ2n) is 7.29. The van der Waals surface area contributed by atoms with E-state index in [1.54, 1.807) is 6.20 Å². The Balaban J connectivity index is 1.62. The van der Waals surface area contributed by atoms with Gasteiger partial charge in [0.15, 0.2) is 11.6 Å². The molecule has 32 heavy (non-hydrogen) atoms. The van der Waals surface area contributed by atoms with Crippen LogP contribution in [0, 0.1) is 0 Å². The van der Waals surface area contributed by atoms with Crippen LogP contribution in [0.5, 0.6) is 5.75 Å². The number of benzene rings is 2. The van der Waals surface area contributed by atoms with Gasteiger partial charge in [0.25, 0.3) is 0 Å². The quantitative estimate of drug-likeness (QED) is 0.294. The number of carbonyl (C=O) groups is 2. The first kappa shape index (κ1) is 21.0. The van der Waals surface area contributed by atoms with Gasteiger partial charge < -0.3 is 9.72 Å². The van der Waals surface area contributed by atoms with Crippen molar-refractivity contribution in [2.75, 3.05) is 0 Å². The molecule has 2 heterocycles. The van der Waals surface area contributed by atoms with Crippen molar-refractivity contribution in [1.82, 2.24) is 9.97 Å². The van der Waals surface area contributed by atoms with E-state index in [2.05, 4.69) is 16.5 Å². The number of H-pyrrole nitrogens is 1. The predicted octanol–water partition coefficient (Wildman–Crippen LogP) is 5.29. The van der Waals surface area contributed by atoms with Gasteiger partial charge in [0.2, 0.25) is 0 Å². The second-order valence-corrected chi connectivity index (χ2v) is 7.29. The maximum Gasteiger partial charge on any atom is 0.164 e. The number of nitrogens with zero attached hydrogens (tertiary/aromatic N) is 1. The average Bonchev–Trinajstić information content (AvgIpc) is 3.30. The summed E-state index contributed by atoms with van der Waals surface area (Å²) in [6.45, 7) is 3.81. The summed E-state index contributed by atoms with van der Waals surface area (Å²) < 4.78 is 5.82. The van der Waals surface area contributed by atoms with E-state index in [9.17, 15) is 9.59 Å². The lowest BCUT2D eigenvalue weighted by Crippen LogP contribution is -2.03. The number of aromatic nitrogens is 2. The lowest BCUT2D eigenvalue weighted by Gasteiger charge is -2.11. The molecule has 0 saturated carbocycles. The Labute approximate surface area is 186 Å². The summed E-state index contributed by atoms with van der Waals surface area (Å²) in [4.78, 5) is 31.6. The molecule has 4 rings (SSSR count). The zero-order chi connectivity index (χ0) is 22.3. The number of allylic oxidation sites excluding steroid dienone is 2. The molecular weight excluding hydrogens is 400 g/mol. The first-order valence-electron chi connectivity index (χ1n) is 10.2. The van der Waals surface area contributed by atoms with Crippen molar-refractivity contribution in [3.05, 3.63) is 115 Å². The molecule has 0 radical (unpaired) electrons. The maximum atomic E-state index is 12.5. The van der Waals surface area contributed by atoms with Crippen LogP contribution in [-0.4, -0.2) is 21.5 Å². The summed E-state index contributed by atoms with van der Waals surface area (Å²) in [7, 11) is 0. The molecule has 5 heteroatoms. The number of nitrogens with one attached hydrogen (secondary N) is 1. The van der Waals surface area contributed by atoms with Crippen molar-refractivity contribution < 1.29 is 14.3 Å². The van der Waals surface area contributed by atoms with E-state index in [0.29, 0.717) is 12.4 Å². The summed E-state index contributed by atoms with van der Waals surface area (Å²) in [5, 5.41) is 1.04. The molecule has 1 N–H and O–H groups in total. The highest BCUT2D eigenvalue weighted by Gasteiger charge is 2.12. The van der Waals surface area contributed by atoms with Crippen molar-refractivity contribution >= 4 is 28.0 Å². The van der Waals surface area contributed by atoms with Gasteiger partial charge in [-0.2, -0.15) is 0 Å². The van der Waals surface area contributed by atoms with E-state index < -0.39 is 0 Å². The minimum atomic E-state index is -0.301. The SMILES string of the molecule is C=CC(=O)CC(=O)/C=C(\c1ccc(OCc2ccccn2)cc1)c1ccc2[nH]ccc2c1. The van der Waals surface area contributed by atoms with Crippen LogP contribution in [-0.2, 0) is 16.2 Å². The summed E-state index contributed by atoms with van der Waals surface area (Å²) in [6, 6.07) is 21.2. The number of rotatable bonds is 9. The Kier molecular flexibility index (Phi) is 6.37. The number of aromatic amines is 1. The minimum Gasteiger partial charge on any atom is -0.487 e. The van der Waals surface area contributed by atoms with E-state index >= 15 is 0 Å². The second kappa shape index (κ2) is 9.71. The Morgan fingerprint density at radius 2 is 1.78 bits per heavy atom. The van der Waals surface area contributed by atoms with Gasteiger partial charge in [-0.3, -0.25) is 14.6 Å². The molecule has 0 aliphatic carbocycles. The lowest BCUT2D eigenvalue weighted by atomic mass is 9.95. The van der Waals surface area contributed by atoms with E-state index in [1.165, 1.54) is 12.2 Å². The summed E-state index contributed by atoms with van der Waals surface area (Å²) in [5.74, 6) is 0.132. The van der Waals surface area contributed by atoms with Gasteiger partial charge >= 0.3 is 0 Å². The van der Waals surface area contributed by atoms with Crippen molar-refractivity contribution in [1.29, 1.82) is 0 Å². The van der Waals surface area contributed by atoms with Crippen molar-refractivity contribution in [2.45, 2.75) is 13.0 Å². The fourth-order valence-corrected chi connectivity index (χ4v) is 3.38. The Morgan fingerprint density at radius 3 is 2.53 bits per heavy atom. The average molecular weight is 422 g/mol. The molecule has 0 amide bonds. The van der Waals surface area contributed by atoms with Gasteiger partial charge in [-0.15, -0.1) is 0 Å². The predicted molar refractivity (Wildman–Crippen MR) is 125 cm³/mol. The van der Waals surface area contributed by atoms with Crippen molar-refractivity contribution in [2.24, 2.45) is 0 Å². The number of ether oxygens (including phenoxy) is 1. The van der Waals surface area contributed by atoms with Crippen LogP contribution in [0.2, 0.25) is 0 Å². The van der Waals surface area contributed by atoms with Crippen LogP contribution in [0.4, 0.5) is 0 Å². The van der Waals surface area contributed by atoms with Crippen LogP contribution in [0.3, 0.4) is 0 Å². The van der Waals surface area contributed by atoms with Gasteiger partial charge in [-0.25, -0.2) is 0 Å². The molecule has 4 aromatic rings. The van der Waals surface area contributed by atoms with Crippen molar-refractivity contribution in [3.8, 4) is 5.75 Å². The smallest absolute Gasteiger partial charge is 0.164 e. The minimum absolute atomic E-state index is 0.204. The molecule has 0 aliphatic rings. The molecule has 0 atom stereocenters. The third kappa shape index (κ3) is 5.08. The topological polar surface area (TPSA) is 72.1 Å². The van der Waals surface area contributed by atoms with Crippen LogP contribution < -0.4 is 4.74 Å². The summed E-state index contributed by atoms with van der Waals surface area (Å²) in [6.07, 6.45) is 6.10. The molecule has 2 aromatic carbocycles. The highest BCUT2D eigenvalue weighted by atomic mass is 16.5. The van der Waals surface area contributed by atoms with E-state index in [1.807, 2.05) is 72.9 Å². The molecule has 0 saturated heterocycles. The molecule has 0 spiro atoms. The maximum absolute atomic E-state index is 12.5. The van der Waals surface area contributed by atoms with E-state index in [4.69, 9.17) is 4.74 Å². The number of ketones is 2. The summed E-state index contributed by atoms with van der Waals surface area (Å²) >= 11 is 0. The molecule has 2 aromatic heterocycles. The summed E-state index contributed by atoms with van der Waals surface area (Å²) in [5.41, 5.74) is 4.34. The molecule has 0 aliphatic heterocycles. The van der Waals surface area contributed by atoms with E-state index in [0.717, 1.165) is 33.3 Å². The first-order valence-corrected chi connectivity index (χ1v) is 10.2. The van der Waals surface area contributed by atoms with Crippen LogP contribution in [0.15, 0.2) is 97.9 Å². The Morgan fingerprint density at radius 1 is 0.969 bits per heavy atom. The fraction of sp³-hybridized carbons (Fsp3) is 0.0741. The monoisotopic (exact) mass is 422 g/mol. The number of pyridine rings is 1. The molecule has 0 fully saturated rings. The molecule has 0 bridgehead atoms. The third-order valence-electron chi connectivity index (χ3n) is 5.02. The Bertz CT molecular complexity index is 1290. The largest absolute Gasteiger partial charge is 0.487 e. The highest BCUT2D eigenvalue weighted by molar-refractivity contribution is 6.12. The van der Waals surface area contributed by atoms with Gasteiger partial charge in [-0.1, -0.05) is 30.8 Å². The van der Waals surface area contributed by atoms with Crippen LogP contribution in [0.1, 0.15) is 23.2 Å². The highest BCUT2D eigenvalue weighted by Crippen LogP contribution is 2.28. The van der Waals surface area contributed by atoms with Gasteiger partial charge in [0.1, 0.15) is 12.4 Å². The number of fused-ring (bicyclic) bond motifs is 1. The lowest BCUT2D eigenvalue weighted by molar-refractivity contribution is -0.121. The van der Waals surface area contributed by atoms with Gasteiger partial charge in [0, 0.05) is 17.9 Å². The van der Waals surface area contributed by atoms with Crippen molar-refractivity contribution in [3.63, 3.8) is 0 Å². The number of carbonyl (C=O) groups excluding carboxylic acids is 2. The number of hydrogen-bond acceptors (Lipinski definition) is 4. The normalized spacial score (nSPS) is 11.3. The van der Waals surface area contributed by atoms with Crippen LogP contribution >= 0.6 is 0 Å². The zero-order valence-corrected chi connectivity index (χ0v) is 17.5. The van der Waals surface area contributed by atoms with E-state index in [-0.39, 0.29) is 18.0 Å². The standard InChI is InChI=1S/C27H22N2O3/c1-2-23(30)16-24(31)17-26(20-8-11-27-21(15-20)12-14-29-27)19-6-9-25(10-7-19)32-18-22-5-3-4-13-28-22/h2-15,17,29H,1,16,18H2/b26-17+.